The Balaban J connectivity index is 1.29. The quantitative estimate of drug-likeness (QED) is 0.742. The minimum Gasteiger partial charge on any atom is -0.491 e. The maximum atomic E-state index is 11.6. The number of rotatable bonds is 7. The van der Waals surface area contributed by atoms with Crippen LogP contribution in [0.1, 0.15) is 16.7 Å². The highest BCUT2D eigenvalue weighted by Crippen LogP contribution is 2.21. The SMILES string of the molecule is O=C1CN(Cc2ccccc2OC[C@@H](O)CN2CCc3ccccc3C2)CCN1. The van der Waals surface area contributed by atoms with Crippen LogP contribution in [0.25, 0.3) is 0 Å². The van der Waals surface area contributed by atoms with Gasteiger partial charge in [0.15, 0.2) is 0 Å². The van der Waals surface area contributed by atoms with Gasteiger partial charge in [0, 0.05) is 44.8 Å². The highest BCUT2D eigenvalue weighted by atomic mass is 16.5. The molecule has 0 bridgehead atoms. The fraction of sp³-hybridized carbons (Fsp3) is 0.435. The van der Waals surface area contributed by atoms with Crippen molar-refractivity contribution < 1.29 is 14.6 Å². The number of amides is 1. The van der Waals surface area contributed by atoms with Crippen molar-refractivity contribution in [3.63, 3.8) is 0 Å². The number of para-hydroxylation sites is 1. The summed E-state index contributed by atoms with van der Waals surface area (Å²) in [4.78, 5) is 16.0. The van der Waals surface area contributed by atoms with E-state index in [-0.39, 0.29) is 12.5 Å². The number of benzene rings is 2. The number of hydrogen-bond acceptors (Lipinski definition) is 5. The van der Waals surface area contributed by atoms with Crippen LogP contribution in [0.5, 0.6) is 5.75 Å². The number of piperazine rings is 1. The number of carbonyl (C=O) groups is 1. The Morgan fingerprint density at radius 2 is 1.79 bits per heavy atom. The van der Waals surface area contributed by atoms with Crippen molar-refractivity contribution in [2.45, 2.75) is 25.6 Å². The van der Waals surface area contributed by atoms with E-state index in [2.05, 4.69) is 39.4 Å². The molecule has 1 fully saturated rings. The number of ether oxygens (including phenoxy) is 1. The fourth-order valence-electron chi connectivity index (χ4n) is 4.09. The monoisotopic (exact) mass is 395 g/mol. The van der Waals surface area contributed by atoms with Crippen LogP contribution < -0.4 is 10.1 Å². The van der Waals surface area contributed by atoms with E-state index in [9.17, 15) is 9.90 Å². The molecule has 154 valence electrons. The Morgan fingerprint density at radius 1 is 1.00 bits per heavy atom. The second-order valence-corrected chi connectivity index (χ2v) is 7.89. The van der Waals surface area contributed by atoms with Crippen molar-refractivity contribution in [2.24, 2.45) is 0 Å². The molecule has 2 aromatic rings. The van der Waals surface area contributed by atoms with Gasteiger partial charge in [-0.05, 0) is 23.6 Å². The molecule has 2 aromatic carbocycles. The molecule has 0 aliphatic carbocycles. The number of hydrogen-bond donors (Lipinski definition) is 2. The minimum absolute atomic E-state index is 0.0631. The number of aliphatic hydroxyl groups is 1. The van der Waals surface area contributed by atoms with Crippen LogP contribution in [0, 0.1) is 0 Å². The molecule has 29 heavy (non-hydrogen) atoms. The lowest BCUT2D eigenvalue weighted by Crippen LogP contribution is -2.47. The first-order chi connectivity index (χ1) is 14.2. The largest absolute Gasteiger partial charge is 0.491 e. The molecular formula is C23H29N3O3. The van der Waals surface area contributed by atoms with Gasteiger partial charge in [0.05, 0.1) is 6.54 Å². The first kappa shape index (κ1) is 19.9. The van der Waals surface area contributed by atoms with E-state index >= 15 is 0 Å². The highest BCUT2D eigenvalue weighted by Gasteiger charge is 2.20. The third-order valence-electron chi connectivity index (χ3n) is 5.59. The van der Waals surface area contributed by atoms with Gasteiger partial charge in [-0.1, -0.05) is 42.5 Å². The lowest BCUT2D eigenvalue weighted by molar-refractivity contribution is -0.124. The van der Waals surface area contributed by atoms with Gasteiger partial charge < -0.3 is 15.2 Å². The third-order valence-corrected chi connectivity index (χ3v) is 5.59. The van der Waals surface area contributed by atoms with Gasteiger partial charge in [-0.25, -0.2) is 0 Å². The Morgan fingerprint density at radius 3 is 2.66 bits per heavy atom. The fourth-order valence-corrected chi connectivity index (χ4v) is 4.09. The molecule has 1 atom stereocenters. The second-order valence-electron chi connectivity index (χ2n) is 7.89. The highest BCUT2D eigenvalue weighted by molar-refractivity contribution is 5.78. The lowest BCUT2D eigenvalue weighted by Gasteiger charge is -2.30. The summed E-state index contributed by atoms with van der Waals surface area (Å²) in [5, 5.41) is 13.4. The van der Waals surface area contributed by atoms with Gasteiger partial charge in [0.1, 0.15) is 18.5 Å². The first-order valence-electron chi connectivity index (χ1n) is 10.3. The second kappa shape index (κ2) is 9.39. The number of fused-ring (bicyclic) bond motifs is 1. The molecule has 0 aromatic heterocycles. The zero-order valence-electron chi connectivity index (χ0n) is 16.7. The molecule has 6 nitrogen and oxygen atoms in total. The van der Waals surface area contributed by atoms with Crippen LogP contribution in [0.15, 0.2) is 48.5 Å². The average Bonchev–Trinajstić information content (AvgIpc) is 2.73. The average molecular weight is 396 g/mol. The predicted octanol–water partition coefficient (Wildman–Crippen LogP) is 1.42. The van der Waals surface area contributed by atoms with Crippen molar-refractivity contribution >= 4 is 5.91 Å². The van der Waals surface area contributed by atoms with Crippen LogP contribution in [0.4, 0.5) is 0 Å². The molecule has 0 saturated carbocycles. The number of nitrogens with zero attached hydrogens (tertiary/aromatic N) is 2. The molecule has 6 heteroatoms. The van der Waals surface area contributed by atoms with Crippen molar-refractivity contribution in [3.05, 3.63) is 65.2 Å². The molecular weight excluding hydrogens is 366 g/mol. The van der Waals surface area contributed by atoms with Crippen LogP contribution >= 0.6 is 0 Å². The van der Waals surface area contributed by atoms with Crippen LogP contribution in [0.3, 0.4) is 0 Å². The maximum absolute atomic E-state index is 11.6. The van der Waals surface area contributed by atoms with Gasteiger partial charge >= 0.3 is 0 Å². The van der Waals surface area contributed by atoms with E-state index in [4.69, 9.17) is 4.74 Å². The number of β-amino-alcohol motifs (C(OH)–C–C–N with tert-alkyl or cyclic N) is 1. The van der Waals surface area contributed by atoms with Crippen LogP contribution in [-0.2, 0) is 24.3 Å². The molecule has 0 radical (unpaired) electrons. The molecule has 2 aliphatic rings. The molecule has 0 unspecified atom stereocenters. The molecule has 1 amide bonds. The molecule has 2 heterocycles. The van der Waals surface area contributed by atoms with E-state index in [0.717, 1.165) is 37.4 Å². The lowest BCUT2D eigenvalue weighted by atomic mass is 10.00. The number of nitrogens with one attached hydrogen (secondary N) is 1. The normalized spacial score (nSPS) is 18.7. The zero-order valence-corrected chi connectivity index (χ0v) is 16.7. The van der Waals surface area contributed by atoms with Gasteiger partial charge in [0.25, 0.3) is 0 Å². The van der Waals surface area contributed by atoms with Gasteiger partial charge in [-0.2, -0.15) is 0 Å². The topological polar surface area (TPSA) is 65.0 Å². The summed E-state index contributed by atoms with van der Waals surface area (Å²) in [5.74, 6) is 0.842. The van der Waals surface area contributed by atoms with E-state index in [1.807, 2.05) is 24.3 Å². The van der Waals surface area contributed by atoms with Gasteiger partial charge in [-0.15, -0.1) is 0 Å². The van der Waals surface area contributed by atoms with E-state index in [0.29, 0.717) is 26.2 Å². The summed E-state index contributed by atoms with van der Waals surface area (Å²) in [6.07, 6.45) is 0.477. The first-order valence-corrected chi connectivity index (χ1v) is 10.3. The minimum atomic E-state index is -0.547. The Labute approximate surface area is 172 Å². The molecule has 1 saturated heterocycles. The standard InChI is InChI=1S/C23H29N3O3/c27-21(15-25-11-9-18-5-1-2-6-19(18)13-25)17-29-22-8-4-3-7-20(22)14-26-12-10-24-23(28)16-26/h1-8,21,27H,9-17H2,(H,24,28)/t21-/m0/s1. The summed E-state index contributed by atoms with van der Waals surface area (Å²) in [6, 6.07) is 16.4. The Kier molecular flexibility index (Phi) is 6.44. The van der Waals surface area contributed by atoms with Crippen molar-refractivity contribution in [2.75, 3.05) is 39.3 Å². The summed E-state index contributed by atoms with van der Waals surface area (Å²) in [7, 11) is 0. The molecule has 2 N–H and O–H groups in total. The Hall–Kier alpha value is -2.41. The van der Waals surface area contributed by atoms with Crippen molar-refractivity contribution in [1.82, 2.24) is 15.1 Å². The van der Waals surface area contributed by atoms with E-state index < -0.39 is 6.10 Å². The number of carbonyl (C=O) groups excluding carboxylic acids is 1. The van der Waals surface area contributed by atoms with Crippen molar-refractivity contribution in [1.29, 1.82) is 0 Å². The molecule has 2 aliphatic heterocycles. The van der Waals surface area contributed by atoms with E-state index in [1.165, 1.54) is 11.1 Å². The van der Waals surface area contributed by atoms with Crippen LogP contribution in [0.2, 0.25) is 0 Å². The van der Waals surface area contributed by atoms with Gasteiger partial charge in [0.2, 0.25) is 5.91 Å². The predicted molar refractivity (Wildman–Crippen MR) is 112 cm³/mol. The maximum Gasteiger partial charge on any atom is 0.234 e. The summed E-state index contributed by atoms with van der Waals surface area (Å²) in [6.45, 7) is 5.29. The smallest absolute Gasteiger partial charge is 0.234 e. The zero-order chi connectivity index (χ0) is 20.1. The number of aliphatic hydroxyl groups excluding tert-OH is 1. The van der Waals surface area contributed by atoms with Gasteiger partial charge in [-0.3, -0.25) is 14.6 Å². The van der Waals surface area contributed by atoms with Crippen LogP contribution in [-0.4, -0.2) is 66.2 Å². The molecule has 4 rings (SSSR count). The Bertz CT molecular complexity index is 842. The summed E-state index contributed by atoms with van der Waals surface area (Å²) >= 11 is 0. The van der Waals surface area contributed by atoms with E-state index in [1.54, 1.807) is 0 Å². The van der Waals surface area contributed by atoms with Crippen molar-refractivity contribution in [3.8, 4) is 5.75 Å². The summed E-state index contributed by atoms with van der Waals surface area (Å²) in [5.41, 5.74) is 3.80. The third kappa shape index (κ3) is 5.35. The summed E-state index contributed by atoms with van der Waals surface area (Å²) < 4.78 is 5.97. The molecule has 0 spiro atoms.